The summed E-state index contributed by atoms with van der Waals surface area (Å²) in [6.45, 7) is 6.63. The number of aromatic nitrogens is 1. The Hall–Kier alpha value is -7.69. The largest absolute Gasteiger partial charge is 0.456 e. The molecule has 286 valence electrons. The van der Waals surface area contributed by atoms with Gasteiger partial charge >= 0.3 is 0 Å². The molecule has 0 N–H and O–H groups in total. The molecule has 10 aromatic rings. The van der Waals surface area contributed by atoms with Crippen LogP contribution in [0, 0.1) is 20.8 Å². The molecule has 0 aliphatic carbocycles. The molecular weight excluding hydrogens is 731 g/mol. The Bertz CT molecular complexity index is 3250. The predicted octanol–water partition coefficient (Wildman–Crippen LogP) is 15.8. The quantitative estimate of drug-likeness (QED) is 0.151. The molecule has 0 fully saturated rings. The van der Waals surface area contributed by atoms with E-state index < -0.39 is 0 Å². The van der Waals surface area contributed by atoms with Gasteiger partial charge in [-0.3, -0.25) is 4.90 Å². The second kappa shape index (κ2) is 14.3. The van der Waals surface area contributed by atoms with E-state index >= 15 is 0 Å². The van der Waals surface area contributed by atoms with Crippen LogP contribution in [0.4, 0.5) is 34.3 Å². The van der Waals surface area contributed by atoms with Crippen LogP contribution in [0.25, 0.3) is 54.6 Å². The van der Waals surface area contributed by atoms with E-state index in [0.717, 1.165) is 67.7 Å². The molecule has 1 aliphatic heterocycles. The fourth-order valence-electron chi connectivity index (χ4n) is 9.47. The summed E-state index contributed by atoms with van der Waals surface area (Å²) in [5, 5.41) is 7.09. The number of nitrogens with zero attached hydrogens (tertiary/aromatic N) is 3. The van der Waals surface area contributed by atoms with Gasteiger partial charge in [-0.2, -0.15) is 0 Å². The third-order valence-corrected chi connectivity index (χ3v) is 11.9. The van der Waals surface area contributed by atoms with Crippen LogP contribution in [0.2, 0.25) is 0 Å². The van der Waals surface area contributed by atoms with E-state index in [1.807, 2.05) is 18.3 Å². The fraction of sp³-hybridized carbons (Fsp3) is 0.0536. The van der Waals surface area contributed by atoms with Crippen LogP contribution in [-0.2, 0) is 0 Å². The smallest absolute Gasteiger partial charge is 0.137 e. The van der Waals surface area contributed by atoms with Gasteiger partial charge in [0.25, 0.3) is 0 Å². The highest BCUT2D eigenvalue weighted by Gasteiger charge is 2.27. The second-order valence-electron chi connectivity index (χ2n) is 15.7. The molecule has 0 saturated heterocycles. The van der Waals surface area contributed by atoms with E-state index in [0.29, 0.717) is 0 Å². The highest BCUT2D eigenvalue weighted by molar-refractivity contribution is 6.25. The van der Waals surface area contributed by atoms with Crippen molar-refractivity contribution in [2.45, 2.75) is 20.8 Å². The van der Waals surface area contributed by atoms with Crippen molar-refractivity contribution in [3.8, 4) is 33.8 Å². The fourth-order valence-corrected chi connectivity index (χ4v) is 9.47. The lowest BCUT2D eigenvalue weighted by atomic mass is 9.88. The Balaban J connectivity index is 1.13. The summed E-state index contributed by atoms with van der Waals surface area (Å²) in [5.41, 5.74) is 13.7. The molecule has 9 aromatic carbocycles. The van der Waals surface area contributed by atoms with Crippen molar-refractivity contribution < 1.29 is 4.74 Å². The van der Waals surface area contributed by atoms with Gasteiger partial charge in [-0.15, -0.1) is 0 Å². The first-order valence-electron chi connectivity index (χ1n) is 20.5. The van der Waals surface area contributed by atoms with Crippen LogP contribution < -0.4 is 14.5 Å². The van der Waals surface area contributed by atoms with Crippen LogP contribution in [-0.4, -0.2) is 4.98 Å². The summed E-state index contributed by atoms with van der Waals surface area (Å²) in [4.78, 5) is 9.55. The lowest BCUT2D eigenvalue weighted by Gasteiger charge is -2.31. The number of aryl methyl sites for hydroxylation is 3. The van der Waals surface area contributed by atoms with Crippen molar-refractivity contribution in [3.05, 3.63) is 211 Å². The van der Waals surface area contributed by atoms with Gasteiger partial charge in [0.1, 0.15) is 17.3 Å². The van der Waals surface area contributed by atoms with Crippen LogP contribution in [0.15, 0.2) is 194 Å². The summed E-state index contributed by atoms with van der Waals surface area (Å²) < 4.78 is 6.96. The van der Waals surface area contributed by atoms with E-state index in [9.17, 15) is 0 Å². The minimum Gasteiger partial charge on any atom is -0.456 e. The van der Waals surface area contributed by atoms with Gasteiger partial charge in [0, 0.05) is 39.8 Å². The van der Waals surface area contributed by atoms with Crippen LogP contribution >= 0.6 is 0 Å². The minimum atomic E-state index is 0.812. The Morgan fingerprint density at radius 3 is 1.88 bits per heavy atom. The lowest BCUT2D eigenvalue weighted by Crippen LogP contribution is -2.14. The maximum absolute atomic E-state index is 6.96. The van der Waals surface area contributed by atoms with Crippen molar-refractivity contribution in [1.82, 2.24) is 4.98 Å². The van der Waals surface area contributed by atoms with E-state index in [1.54, 1.807) is 0 Å². The van der Waals surface area contributed by atoms with Crippen molar-refractivity contribution in [1.29, 1.82) is 0 Å². The van der Waals surface area contributed by atoms with Crippen LogP contribution in [0.1, 0.15) is 16.7 Å². The molecule has 1 aromatic heterocycles. The molecule has 4 heteroatoms. The Kier molecular flexibility index (Phi) is 8.45. The van der Waals surface area contributed by atoms with Crippen LogP contribution in [0.5, 0.6) is 11.5 Å². The van der Waals surface area contributed by atoms with Gasteiger partial charge < -0.3 is 9.64 Å². The molecule has 11 rings (SSSR count). The van der Waals surface area contributed by atoms with Gasteiger partial charge in [-0.05, 0) is 125 Å². The molecule has 0 unspecified atom stereocenters. The van der Waals surface area contributed by atoms with E-state index in [-0.39, 0.29) is 0 Å². The number of hydrogen-bond acceptors (Lipinski definition) is 4. The minimum absolute atomic E-state index is 0.812. The van der Waals surface area contributed by atoms with Gasteiger partial charge in [0.05, 0.1) is 22.7 Å². The zero-order valence-corrected chi connectivity index (χ0v) is 33.7. The lowest BCUT2D eigenvalue weighted by molar-refractivity contribution is 0.487. The number of benzene rings is 9. The molecule has 0 bridgehead atoms. The first-order chi connectivity index (χ1) is 29.5. The summed E-state index contributed by atoms with van der Waals surface area (Å²) in [6.07, 6.45) is 1.85. The number of pyridine rings is 1. The molecular formula is C56H41N3O. The Morgan fingerprint density at radius 1 is 0.417 bits per heavy atom. The van der Waals surface area contributed by atoms with Crippen molar-refractivity contribution in [2.75, 3.05) is 9.80 Å². The molecule has 0 saturated carbocycles. The summed E-state index contributed by atoms with van der Waals surface area (Å²) >= 11 is 0. The molecule has 2 heterocycles. The zero-order valence-electron chi connectivity index (χ0n) is 33.7. The normalized spacial score (nSPS) is 11.7. The summed E-state index contributed by atoms with van der Waals surface area (Å²) in [7, 11) is 0. The molecule has 0 atom stereocenters. The Labute approximate surface area is 350 Å². The number of para-hydroxylation sites is 2. The Morgan fingerprint density at radius 2 is 1.10 bits per heavy atom. The monoisotopic (exact) mass is 771 g/mol. The first-order valence-corrected chi connectivity index (χ1v) is 20.5. The molecule has 0 amide bonds. The standard InChI is InChI=1S/C56H41N3O/c1-36-31-37(2)56(38(3)32-36)59(40-19-8-5-9-20-40)51-35-48-46-24-16-26-52-55(46)49(34-47(48)43-22-10-11-23-44(43)51)45-29-28-41(33-53(45)60-52)58(54-27-14-15-30-57-54)50-25-13-12-21-42(50)39-17-6-4-7-18-39/h4-35H,1-3H3. The number of rotatable bonds is 7. The average Bonchev–Trinajstić information content (AvgIpc) is 3.29. The van der Waals surface area contributed by atoms with Gasteiger partial charge in [-0.1, -0.05) is 127 Å². The predicted molar refractivity (Wildman–Crippen MR) is 251 cm³/mol. The average molecular weight is 772 g/mol. The molecule has 0 spiro atoms. The first kappa shape index (κ1) is 35.5. The van der Waals surface area contributed by atoms with Crippen molar-refractivity contribution in [2.24, 2.45) is 0 Å². The maximum atomic E-state index is 6.96. The molecule has 60 heavy (non-hydrogen) atoms. The number of anilines is 6. The van der Waals surface area contributed by atoms with E-state index in [4.69, 9.17) is 9.72 Å². The van der Waals surface area contributed by atoms with Gasteiger partial charge in [-0.25, -0.2) is 4.98 Å². The third kappa shape index (κ3) is 5.79. The van der Waals surface area contributed by atoms with Crippen molar-refractivity contribution in [3.63, 3.8) is 0 Å². The van der Waals surface area contributed by atoms with E-state index in [2.05, 4.69) is 206 Å². The summed E-state index contributed by atoms with van der Waals surface area (Å²) in [5.74, 6) is 2.49. The summed E-state index contributed by atoms with van der Waals surface area (Å²) in [6, 6.07) is 67.2. The SMILES string of the molecule is Cc1cc(C)c(N(c2ccccc2)c2cc3c4cccc5c4c(cc3c3ccccc23)-c2ccc(N(c3ccccn3)c3ccccc3-c3ccccc3)cc2O5)c(C)c1. The maximum Gasteiger partial charge on any atom is 0.137 e. The topological polar surface area (TPSA) is 28.6 Å². The third-order valence-electron chi connectivity index (χ3n) is 11.9. The number of hydrogen-bond donors (Lipinski definition) is 0. The van der Waals surface area contributed by atoms with Gasteiger partial charge in [0.2, 0.25) is 0 Å². The molecule has 1 aliphatic rings. The molecule has 4 nitrogen and oxygen atoms in total. The van der Waals surface area contributed by atoms with Crippen molar-refractivity contribution >= 4 is 66.6 Å². The second-order valence-corrected chi connectivity index (χ2v) is 15.7. The molecule has 0 radical (unpaired) electrons. The highest BCUT2D eigenvalue weighted by atomic mass is 16.5. The number of fused-ring (bicyclic) bond motifs is 6. The zero-order chi connectivity index (χ0) is 40.3. The van der Waals surface area contributed by atoms with Crippen LogP contribution in [0.3, 0.4) is 0 Å². The van der Waals surface area contributed by atoms with E-state index in [1.165, 1.54) is 49.3 Å². The van der Waals surface area contributed by atoms with Gasteiger partial charge in [0.15, 0.2) is 0 Å². The number of ether oxygens (including phenoxy) is 1. The highest BCUT2D eigenvalue weighted by Crippen LogP contribution is 2.53.